The van der Waals surface area contributed by atoms with Crippen LogP contribution in [0.3, 0.4) is 0 Å². The predicted octanol–water partition coefficient (Wildman–Crippen LogP) is 4.06. The summed E-state index contributed by atoms with van der Waals surface area (Å²) in [5.41, 5.74) is 6.15. The summed E-state index contributed by atoms with van der Waals surface area (Å²) in [4.78, 5) is 103. The molecule has 6 aliphatic rings. The number of carboxylic acid groups (broad SMARTS) is 1. The van der Waals surface area contributed by atoms with Crippen molar-refractivity contribution >= 4 is 79.4 Å². The Kier molecular flexibility index (Phi) is 25.5. The Morgan fingerprint density at radius 2 is 1.58 bits per heavy atom. The van der Waals surface area contributed by atoms with Crippen LogP contribution in [0.1, 0.15) is 108 Å². The molecule has 25 nitrogen and oxygen atoms in total. The summed E-state index contributed by atoms with van der Waals surface area (Å²) in [6.45, 7) is 14.4. The fourth-order valence-electron chi connectivity index (χ4n) is 16.6. The average molecular weight is 1390 g/mol. The predicted molar refractivity (Wildman–Crippen MR) is 369 cm³/mol. The van der Waals surface area contributed by atoms with Gasteiger partial charge < -0.3 is 80.4 Å². The van der Waals surface area contributed by atoms with Crippen molar-refractivity contribution < 1.29 is 82.4 Å². The van der Waals surface area contributed by atoms with Crippen LogP contribution in [0, 0.1) is 23.2 Å². The number of H-pyrrole nitrogens is 1. The molecule has 14 atom stereocenters. The van der Waals surface area contributed by atoms with E-state index in [1.807, 2.05) is 43.2 Å². The van der Waals surface area contributed by atoms with Crippen LogP contribution in [0.25, 0.3) is 10.9 Å². The molecule has 2 bridgehead atoms. The van der Waals surface area contributed by atoms with E-state index < -0.39 is 112 Å². The number of hydrogen-bond donors (Lipinski definition) is 9. The van der Waals surface area contributed by atoms with Crippen LogP contribution < -0.4 is 31.3 Å². The van der Waals surface area contributed by atoms with Crippen LogP contribution in [0.15, 0.2) is 48.6 Å². The summed E-state index contributed by atoms with van der Waals surface area (Å²) in [5.74, 6) is -5.04. The number of methoxy groups -OCH3 is 2. The van der Waals surface area contributed by atoms with Crippen molar-refractivity contribution in [3.63, 3.8) is 0 Å². The molecule has 1 saturated carbocycles. The van der Waals surface area contributed by atoms with E-state index in [9.17, 15) is 49.2 Å². The number of nitrogens with two attached hydrogens (primary N) is 1. The van der Waals surface area contributed by atoms with E-state index in [1.54, 1.807) is 14.2 Å². The number of fused-ring (bicyclic) bond motifs is 6. The SMILES string of the molecule is CC[C@]1(O)C[C@H]2CN(CCc3c([nH]c4ccccc34)[C@@](C)(c3cc4c(cc3OC)N(C)[C@H]3[C@@](O)(C(=O)CNC(=O)OCCSSCC(CC(=O)[C@H](C)NC(=O)[C@H](C)CC(=O)[C@@H](N)CNC(=O)CCOCCOCCOCCOC)C(=O)O)[C@H](O)[C@]5(CC)C=CCN6CC[C@]43[C@@H]65)C2)C1. The first-order valence-electron chi connectivity index (χ1n) is 34.2. The first kappa shape index (κ1) is 75.5. The Morgan fingerprint density at radius 1 is 0.856 bits per heavy atom. The zero-order chi connectivity index (χ0) is 70.0. The molecule has 27 heteroatoms. The van der Waals surface area contributed by atoms with Gasteiger partial charge in [-0.25, -0.2) is 4.79 Å². The summed E-state index contributed by atoms with van der Waals surface area (Å²) < 4.78 is 33.0. The summed E-state index contributed by atoms with van der Waals surface area (Å²) >= 11 is 0. The van der Waals surface area contributed by atoms with Crippen molar-refractivity contribution in [2.45, 2.75) is 145 Å². The Labute approximate surface area is 576 Å². The molecule has 10 N–H and O–H groups in total. The number of aliphatic hydroxyl groups excluding tert-OH is 1. The molecule has 1 spiro atoms. The number of amides is 3. The molecule has 3 fully saturated rings. The van der Waals surface area contributed by atoms with E-state index in [0.717, 1.165) is 63.7 Å². The molecule has 2 saturated heterocycles. The average Bonchev–Trinajstić information content (AvgIpc) is 1.50. The van der Waals surface area contributed by atoms with Crippen LogP contribution in [0.2, 0.25) is 0 Å². The standard InChI is InChI=1S/C70H102N8O17S2/c1-9-67(88)37-45-36-66(5,59-48(16-21-77(40-45)42-67)47-14-11-12-15-52(47)75-59)50-34-49-53(35-56(50)91-8)76(6)63-69(49)19-22-78-20-13-18-68(10-2,62(69)78)64(86)70(63,89)57(81)39-73-65(87)95-30-31-96-97-41-46(61(84)85)33-54(79)44(4)74-60(83)43(3)32-55(80)51(71)38-72-58(82)17-23-92-26-27-94-29-28-93-25-24-90-7/h11-15,18,34-35,43-46,51,62-64,75,86,88-89H,9-10,16-17,19-33,36-42,71H2,1-8H3,(H,72,82)(H,73,87)(H,74,83)(H,84,85)/t43-,44+,45+,46?,51+,62+,63-,64-,66-,67+,68-,69-,70+/m1/s1. The number of nitrogens with zero attached hydrogens (tertiary/aromatic N) is 3. The number of ether oxygens (including phenoxy) is 6. The minimum atomic E-state index is -2.42. The number of likely N-dealkylation sites (N-methyl/N-ethyl adjacent to an activating group) is 1. The molecular formula is C70H102N8O17S2. The van der Waals surface area contributed by atoms with Crippen molar-refractivity contribution in [2.75, 3.05) is 136 Å². The minimum Gasteiger partial charge on any atom is -0.496 e. The second-order valence-corrected chi connectivity index (χ2v) is 30.2. The molecule has 2 aromatic carbocycles. The maximum atomic E-state index is 15.2. The summed E-state index contributed by atoms with van der Waals surface area (Å²) in [6, 6.07) is 9.27. The number of nitrogens with one attached hydrogen (secondary N) is 4. The monoisotopic (exact) mass is 1390 g/mol. The zero-order valence-corrected chi connectivity index (χ0v) is 59.1. The number of carbonyl (C=O) groups excluding carboxylic acids is 6. The number of aliphatic hydroxyl groups is 3. The number of benzene rings is 2. The number of piperidine rings is 1. The lowest BCUT2D eigenvalue weighted by atomic mass is 9.47. The third-order valence-electron chi connectivity index (χ3n) is 21.4. The molecule has 3 aromatic rings. The molecule has 536 valence electrons. The number of rotatable bonds is 36. The fraction of sp³-hybridized carbons (Fsp3) is 0.671. The normalized spacial score (nSPS) is 28.3. The number of ketones is 3. The van der Waals surface area contributed by atoms with Crippen LogP contribution >= 0.6 is 21.6 Å². The van der Waals surface area contributed by atoms with Crippen molar-refractivity contribution in [2.24, 2.45) is 28.9 Å². The molecule has 1 aliphatic carbocycles. The van der Waals surface area contributed by atoms with Gasteiger partial charge in [-0.05, 0) is 88.1 Å². The van der Waals surface area contributed by atoms with Crippen LogP contribution in [-0.4, -0.2) is 249 Å². The van der Waals surface area contributed by atoms with Crippen molar-refractivity contribution in [1.29, 1.82) is 0 Å². The van der Waals surface area contributed by atoms with Gasteiger partial charge in [0.15, 0.2) is 23.0 Å². The molecule has 97 heavy (non-hydrogen) atoms. The van der Waals surface area contributed by atoms with Crippen LogP contribution in [-0.2, 0) is 69.7 Å². The first-order chi connectivity index (χ1) is 46.4. The van der Waals surface area contributed by atoms with Crippen LogP contribution in [0.4, 0.5) is 10.5 Å². The Bertz CT molecular complexity index is 3340. The molecule has 0 radical (unpaired) electrons. The number of carboxylic acids is 1. The molecule has 6 heterocycles. The summed E-state index contributed by atoms with van der Waals surface area (Å²) in [5, 5.41) is 57.6. The number of Topliss-reactive ketones (excluding diaryl/α,β-unsaturated/α-hetero) is 3. The lowest BCUT2D eigenvalue weighted by Crippen LogP contribution is -2.81. The third-order valence-corrected chi connectivity index (χ3v) is 23.9. The van der Waals surface area contributed by atoms with E-state index >= 15 is 4.79 Å². The number of aliphatic carboxylic acids is 1. The molecule has 1 aromatic heterocycles. The van der Waals surface area contributed by atoms with Gasteiger partial charge in [0.25, 0.3) is 0 Å². The number of anilines is 1. The molecule has 3 amide bonds. The lowest BCUT2D eigenvalue weighted by Gasteiger charge is -2.63. The maximum Gasteiger partial charge on any atom is 0.407 e. The lowest BCUT2D eigenvalue weighted by molar-refractivity contribution is -0.201. The van der Waals surface area contributed by atoms with E-state index in [-0.39, 0.29) is 68.6 Å². The minimum absolute atomic E-state index is 0.00211. The van der Waals surface area contributed by atoms with Gasteiger partial charge in [0.1, 0.15) is 18.5 Å². The van der Waals surface area contributed by atoms with Gasteiger partial charge in [-0.1, -0.05) is 72.7 Å². The van der Waals surface area contributed by atoms with Gasteiger partial charge in [-0.3, -0.25) is 38.6 Å². The highest BCUT2D eigenvalue weighted by atomic mass is 33.1. The maximum absolute atomic E-state index is 15.2. The van der Waals surface area contributed by atoms with E-state index in [2.05, 4.69) is 68.8 Å². The number of alkyl carbamates (subject to hydrolysis) is 1. The number of carbonyl (C=O) groups is 7. The molecular weight excluding hydrogens is 1290 g/mol. The highest BCUT2D eigenvalue weighted by molar-refractivity contribution is 8.76. The Morgan fingerprint density at radius 3 is 2.28 bits per heavy atom. The van der Waals surface area contributed by atoms with E-state index in [0.29, 0.717) is 90.5 Å². The quantitative estimate of drug-likeness (QED) is 0.0225. The van der Waals surface area contributed by atoms with Gasteiger partial charge in [0, 0.05) is 140 Å². The Hall–Kier alpha value is -5.69. The number of para-hydroxylation sites is 1. The summed E-state index contributed by atoms with van der Waals surface area (Å²) in [6.07, 6.45) is 4.60. The van der Waals surface area contributed by atoms with E-state index in [1.165, 1.54) is 30.2 Å². The highest BCUT2D eigenvalue weighted by Crippen LogP contribution is 2.68. The van der Waals surface area contributed by atoms with Crippen molar-refractivity contribution in [3.8, 4) is 5.75 Å². The van der Waals surface area contributed by atoms with Crippen molar-refractivity contribution in [3.05, 3.63) is 70.9 Å². The molecule has 2 unspecified atom stereocenters. The molecule has 5 aliphatic heterocycles. The number of aromatic amines is 1. The Balaban J connectivity index is 0.780. The number of hydrogen-bond acceptors (Lipinski definition) is 22. The third kappa shape index (κ3) is 15.9. The second kappa shape index (κ2) is 32.7. The van der Waals surface area contributed by atoms with Gasteiger partial charge in [0.05, 0.1) is 89.5 Å². The molecule has 9 rings (SSSR count). The zero-order valence-electron chi connectivity index (χ0n) is 57.5. The van der Waals surface area contributed by atoms with Gasteiger partial charge in [-0.2, -0.15) is 0 Å². The highest BCUT2D eigenvalue weighted by Gasteiger charge is 2.78. The number of aromatic nitrogens is 1. The van der Waals surface area contributed by atoms with Gasteiger partial charge in [-0.15, -0.1) is 0 Å². The van der Waals surface area contributed by atoms with Crippen molar-refractivity contribution in [1.82, 2.24) is 30.7 Å². The fourth-order valence-corrected chi connectivity index (χ4v) is 18.7. The van der Waals surface area contributed by atoms with Gasteiger partial charge >= 0.3 is 12.1 Å². The van der Waals surface area contributed by atoms with Crippen LogP contribution in [0.5, 0.6) is 5.75 Å². The first-order valence-corrected chi connectivity index (χ1v) is 36.7. The smallest absolute Gasteiger partial charge is 0.407 e. The topological polar surface area (TPSA) is 343 Å². The second-order valence-electron chi connectivity index (χ2n) is 27.6. The summed E-state index contributed by atoms with van der Waals surface area (Å²) in [7, 11) is 7.49. The van der Waals surface area contributed by atoms with E-state index in [4.69, 9.17) is 34.2 Å². The van der Waals surface area contributed by atoms with Gasteiger partial charge in [0.2, 0.25) is 11.8 Å². The largest absolute Gasteiger partial charge is 0.496 e.